The van der Waals surface area contributed by atoms with Crippen LogP contribution in [-0.2, 0) is 0 Å². The average molecular weight is 198 g/mol. The Hall–Kier alpha value is -0.0800. The number of rotatable bonds is 2. The van der Waals surface area contributed by atoms with Crippen LogP contribution in [0.4, 0.5) is 0 Å². The third kappa shape index (κ3) is 1.99. The Bertz CT molecular complexity index is 279. The van der Waals surface area contributed by atoms with E-state index in [9.17, 15) is 0 Å². The summed E-state index contributed by atoms with van der Waals surface area (Å²) in [7, 11) is 0. The van der Waals surface area contributed by atoms with E-state index in [0.717, 1.165) is 0 Å². The Balaban J connectivity index is 3.19. The lowest BCUT2D eigenvalue weighted by molar-refractivity contribution is 1.18. The fourth-order valence-corrected chi connectivity index (χ4v) is 2.44. The topological polar surface area (TPSA) is 0 Å². The molecule has 0 saturated heterocycles. The van der Waals surface area contributed by atoms with Crippen molar-refractivity contribution in [2.75, 3.05) is 12.5 Å². The molecule has 0 fully saturated rings. The Labute approximate surface area is 83.1 Å². The normalized spacial score (nSPS) is 10.3. The second kappa shape index (κ2) is 4.24. The maximum absolute atomic E-state index is 2.26. The van der Waals surface area contributed by atoms with Crippen molar-refractivity contribution >= 4 is 23.5 Å². The van der Waals surface area contributed by atoms with Crippen molar-refractivity contribution < 1.29 is 0 Å². The lowest BCUT2D eigenvalue weighted by atomic mass is 10.1. The number of hydrogen-bond acceptors (Lipinski definition) is 2. The van der Waals surface area contributed by atoms with Crippen LogP contribution in [0.25, 0.3) is 0 Å². The van der Waals surface area contributed by atoms with E-state index in [2.05, 4.69) is 38.5 Å². The van der Waals surface area contributed by atoms with Crippen molar-refractivity contribution in [3.8, 4) is 0 Å². The molecule has 0 aliphatic heterocycles. The minimum Gasteiger partial charge on any atom is -0.130 e. The lowest BCUT2D eigenvalue weighted by Crippen LogP contribution is -1.85. The van der Waals surface area contributed by atoms with Crippen molar-refractivity contribution in [2.24, 2.45) is 0 Å². The van der Waals surface area contributed by atoms with E-state index in [-0.39, 0.29) is 0 Å². The summed E-state index contributed by atoms with van der Waals surface area (Å²) in [6.07, 6.45) is 4.25. The average Bonchev–Trinajstić information content (AvgIpc) is 2.09. The van der Waals surface area contributed by atoms with Crippen LogP contribution >= 0.6 is 23.5 Å². The maximum Gasteiger partial charge on any atom is 0.0112 e. The predicted octanol–water partition coefficient (Wildman–Crippen LogP) is 3.75. The largest absolute Gasteiger partial charge is 0.130 e. The molecule has 0 atom stereocenters. The summed E-state index contributed by atoms with van der Waals surface area (Å²) in [5.74, 6) is 0. The highest BCUT2D eigenvalue weighted by atomic mass is 32.2. The predicted molar refractivity (Wildman–Crippen MR) is 59.5 cm³/mol. The molecule has 0 aliphatic carbocycles. The Morgan fingerprint density at radius 1 is 1.00 bits per heavy atom. The van der Waals surface area contributed by atoms with Crippen molar-refractivity contribution in [2.45, 2.75) is 23.6 Å². The van der Waals surface area contributed by atoms with Gasteiger partial charge in [0.25, 0.3) is 0 Å². The van der Waals surface area contributed by atoms with Gasteiger partial charge in [0.15, 0.2) is 0 Å². The molecule has 1 rings (SSSR count). The van der Waals surface area contributed by atoms with Crippen LogP contribution in [0.5, 0.6) is 0 Å². The van der Waals surface area contributed by atoms with Crippen LogP contribution in [0.3, 0.4) is 0 Å². The van der Waals surface area contributed by atoms with E-state index in [1.54, 1.807) is 0 Å². The summed E-state index contributed by atoms with van der Waals surface area (Å²) >= 11 is 3.63. The first kappa shape index (κ1) is 10.0. The van der Waals surface area contributed by atoms with Crippen molar-refractivity contribution in [3.05, 3.63) is 23.3 Å². The molecule has 2 heteroatoms. The van der Waals surface area contributed by atoms with E-state index < -0.39 is 0 Å². The van der Waals surface area contributed by atoms with Gasteiger partial charge in [0.2, 0.25) is 0 Å². The van der Waals surface area contributed by atoms with Gasteiger partial charge in [-0.05, 0) is 49.6 Å². The van der Waals surface area contributed by atoms with Crippen molar-refractivity contribution in [3.63, 3.8) is 0 Å². The highest BCUT2D eigenvalue weighted by Gasteiger charge is 2.02. The molecule has 0 nitrogen and oxygen atoms in total. The molecule has 0 aliphatic rings. The molecule has 1 aromatic carbocycles. The van der Waals surface area contributed by atoms with E-state index >= 15 is 0 Å². The van der Waals surface area contributed by atoms with Gasteiger partial charge < -0.3 is 0 Å². The van der Waals surface area contributed by atoms with E-state index in [0.29, 0.717) is 0 Å². The molecule has 0 radical (unpaired) electrons. The van der Waals surface area contributed by atoms with Gasteiger partial charge in [-0.3, -0.25) is 0 Å². The molecule has 0 saturated carbocycles. The summed E-state index contributed by atoms with van der Waals surface area (Å²) in [4.78, 5) is 2.77. The second-order valence-corrected chi connectivity index (χ2v) is 4.50. The summed E-state index contributed by atoms with van der Waals surface area (Å²) in [6.45, 7) is 4.36. The SMILES string of the molecule is CSc1cc(C)c(C)c(SC)c1. The zero-order valence-corrected chi connectivity index (χ0v) is 9.60. The molecule has 0 amide bonds. The molecular formula is C10H14S2. The van der Waals surface area contributed by atoms with Crippen LogP contribution in [-0.4, -0.2) is 12.5 Å². The van der Waals surface area contributed by atoms with Crippen LogP contribution in [0.1, 0.15) is 11.1 Å². The number of benzene rings is 1. The summed E-state index contributed by atoms with van der Waals surface area (Å²) in [5, 5.41) is 0. The summed E-state index contributed by atoms with van der Waals surface area (Å²) < 4.78 is 0. The van der Waals surface area contributed by atoms with Gasteiger partial charge in [-0.2, -0.15) is 0 Å². The summed E-state index contributed by atoms with van der Waals surface area (Å²) in [6, 6.07) is 4.51. The van der Waals surface area contributed by atoms with Crippen LogP contribution < -0.4 is 0 Å². The van der Waals surface area contributed by atoms with E-state index in [4.69, 9.17) is 0 Å². The zero-order valence-electron chi connectivity index (χ0n) is 7.97. The molecule has 0 heterocycles. The molecule has 0 N–H and O–H groups in total. The fourth-order valence-electron chi connectivity index (χ4n) is 1.12. The van der Waals surface area contributed by atoms with Crippen molar-refractivity contribution in [1.29, 1.82) is 0 Å². The monoisotopic (exact) mass is 198 g/mol. The van der Waals surface area contributed by atoms with Gasteiger partial charge >= 0.3 is 0 Å². The molecule has 66 valence electrons. The van der Waals surface area contributed by atoms with Gasteiger partial charge in [-0.15, -0.1) is 23.5 Å². The third-order valence-corrected chi connectivity index (χ3v) is 3.62. The third-order valence-electron chi connectivity index (χ3n) is 2.05. The quantitative estimate of drug-likeness (QED) is 0.664. The maximum atomic E-state index is 2.26. The standard InChI is InChI=1S/C10H14S2/c1-7-5-9(11-3)6-10(12-4)8(7)2/h5-6H,1-4H3. The number of hydrogen-bond donors (Lipinski definition) is 0. The first-order valence-electron chi connectivity index (χ1n) is 3.88. The van der Waals surface area contributed by atoms with Gasteiger partial charge in [0, 0.05) is 9.79 Å². The molecule has 0 bridgehead atoms. The highest BCUT2D eigenvalue weighted by Crippen LogP contribution is 2.28. The minimum absolute atomic E-state index is 1.36. The van der Waals surface area contributed by atoms with Crippen LogP contribution in [0, 0.1) is 13.8 Å². The van der Waals surface area contributed by atoms with Gasteiger partial charge in [0.1, 0.15) is 0 Å². The van der Waals surface area contributed by atoms with E-state index in [1.165, 1.54) is 20.9 Å². The Kier molecular flexibility index (Phi) is 3.53. The van der Waals surface area contributed by atoms with Gasteiger partial charge in [-0.25, -0.2) is 0 Å². The lowest BCUT2D eigenvalue weighted by Gasteiger charge is -2.08. The summed E-state index contributed by atoms with van der Waals surface area (Å²) in [5.41, 5.74) is 2.81. The Morgan fingerprint density at radius 2 is 1.67 bits per heavy atom. The first-order chi connectivity index (χ1) is 5.69. The Morgan fingerprint density at radius 3 is 2.17 bits per heavy atom. The van der Waals surface area contributed by atoms with Crippen LogP contribution in [0.15, 0.2) is 21.9 Å². The van der Waals surface area contributed by atoms with Gasteiger partial charge in [0.05, 0.1) is 0 Å². The molecule has 0 spiro atoms. The molecule has 0 unspecified atom stereocenters. The molecule has 0 aromatic heterocycles. The highest BCUT2D eigenvalue weighted by molar-refractivity contribution is 7.99. The molecule has 1 aromatic rings. The first-order valence-corrected chi connectivity index (χ1v) is 6.33. The minimum atomic E-state index is 1.36. The second-order valence-electron chi connectivity index (χ2n) is 2.77. The molecular weight excluding hydrogens is 184 g/mol. The van der Waals surface area contributed by atoms with Gasteiger partial charge in [-0.1, -0.05) is 0 Å². The van der Waals surface area contributed by atoms with Crippen molar-refractivity contribution in [1.82, 2.24) is 0 Å². The smallest absolute Gasteiger partial charge is 0.0112 e. The molecule has 12 heavy (non-hydrogen) atoms. The number of aryl methyl sites for hydroxylation is 1. The zero-order chi connectivity index (χ0) is 9.14. The van der Waals surface area contributed by atoms with E-state index in [1.807, 2.05) is 23.5 Å². The fraction of sp³-hybridized carbons (Fsp3) is 0.400. The number of thioether (sulfide) groups is 2. The van der Waals surface area contributed by atoms with Crippen LogP contribution in [0.2, 0.25) is 0 Å².